The fourth-order valence-electron chi connectivity index (χ4n) is 1.14. The highest BCUT2D eigenvalue weighted by Crippen LogP contribution is 1.89. The van der Waals surface area contributed by atoms with Gasteiger partial charge in [-0.3, -0.25) is 0 Å². The minimum absolute atomic E-state index is 0.309. The summed E-state index contributed by atoms with van der Waals surface area (Å²) >= 11 is 0. The Bertz CT molecular complexity index is 246. The maximum absolute atomic E-state index is 10.5. The van der Waals surface area contributed by atoms with Crippen LogP contribution in [0.3, 0.4) is 0 Å². The molecule has 0 bridgehead atoms. The van der Waals surface area contributed by atoms with E-state index in [1.165, 1.54) is 6.33 Å². The Balaban J connectivity index is 0.000000162. The number of nitrogens with zero attached hydrogens (tertiary/aromatic N) is 3. The van der Waals surface area contributed by atoms with E-state index in [2.05, 4.69) is 15.3 Å². The molecule has 6 heteroatoms. The molecule has 0 unspecified atom stereocenters. The minimum atomic E-state index is -0.309. The van der Waals surface area contributed by atoms with E-state index < -0.39 is 0 Å². The van der Waals surface area contributed by atoms with E-state index in [0.717, 1.165) is 26.2 Å². The molecule has 1 aromatic heterocycles. The van der Waals surface area contributed by atoms with Gasteiger partial charge in [-0.1, -0.05) is 0 Å². The van der Waals surface area contributed by atoms with Crippen molar-refractivity contribution in [2.24, 2.45) is 5.73 Å². The van der Waals surface area contributed by atoms with Crippen LogP contribution in [0, 0.1) is 0 Å². The van der Waals surface area contributed by atoms with Gasteiger partial charge in [0, 0.05) is 38.6 Å². The summed E-state index contributed by atoms with van der Waals surface area (Å²) < 4.78 is 0. The van der Waals surface area contributed by atoms with Crippen molar-refractivity contribution in [1.29, 1.82) is 0 Å². The molecule has 2 heterocycles. The largest absolute Gasteiger partial charge is 0.351 e. The summed E-state index contributed by atoms with van der Waals surface area (Å²) in [6.45, 7) is 3.22. The van der Waals surface area contributed by atoms with E-state index in [-0.39, 0.29) is 6.03 Å². The van der Waals surface area contributed by atoms with E-state index in [0.29, 0.717) is 0 Å². The third-order valence-corrected chi connectivity index (χ3v) is 1.91. The van der Waals surface area contributed by atoms with E-state index >= 15 is 0 Å². The van der Waals surface area contributed by atoms with Crippen LogP contribution in [0.5, 0.6) is 0 Å². The van der Waals surface area contributed by atoms with E-state index in [4.69, 9.17) is 5.73 Å². The second-order valence-corrected chi connectivity index (χ2v) is 2.98. The van der Waals surface area contributed by atoms with Crippen LogP contribution in [0.1, 0.15) is 0 Å². The highest BCUT2D eigenvalue weighted by molar-refractivity contribution is 5.72. The molecule has 0 atom stereocenters. The molecular weight excluding hydrogens is 194 g/mol. The zero-order valence-electron chi connectivity index (χ0n) is 8.47. The molecule has 1 aromatic rings. The third kappa shape index (κ3) is 4.92. The first-order chi connectivity index (χ1) is 7.30. The van der Waals surface area contributed by atoms with Crippen molar-refractivity contribution < 1.29 is 4.79 Å². The van der Waals surface area contributed by atoms with Gasteiger partial charge in [0.05, 0.1) is 0 Å². The number of carbonyl (C=O) groups is 1. The molecule has 0 spiro atoms. The molecule has 0 radical (unpaired) electrons. The highest BCUT2D eigenvalue weighted by atomic mass is 16.2. The van der Waals surface area contributed by atoms with Gasteiger partial charge in [-0.15, -0.1) is 0 Å². The highest BCUT2D eigenvalue weighted by Gasteiger charge is 2.11. The van der Waals surface area contributed by atoms with Gasteiger partial charge < -0.3 is 16.0 Å². The van der Waals surface area contributed by atoms with Crippen molar-refractivity contribution >= 4 is 6.03 Å². The van der Waals surface area contributed by atoms with E-state index in [1.807, 2.05) is 0 Å². The van der Waals surface area contributed by atoms with Gasteiger partial charge in [0.1, 0.15) is 6.33 Å². The lowest BCUT2D eigenvalue weighted by atomic mass is 10.4. The molecule has 0 aromatic carbocycles. The van der Waals surface area contributed by atoms with Gasteiger partial charge in [0.25, 0.3) is 0 Å². The van der Waals surface area contributed by atoms with Crippen molar-refractivity contribution in [2.75, 3.05) is 26.2 Å². The minimum Gasteiger partial charge on any atom is -0.351 e. The van der Waals surface area contributed by atoms with Gasteiger partial charge >= 0.3 is 6.03 Å². The molecule has 2 amide bonds. The Morgan fingerprint density at radius 3 is 2.13 bits per heavy atom. The van der Waals surface area contributed by atoms with Crippen LogP contribution in [-0.4, -0.2) is 47.1 Å². The number of carbonyl (C=O) groups excluding carboxylic acids is 1. The number of rotatable bonds is 0. The third-order valence-electron chi connectivity index (χ3n) is 1.91. The summed E-state index contributed by atoms with van der Waals surface area (Å²) in [5.74, 6) is 0. The van der Waals surface area contributed by atoms with Crippen LogP contribution in [0.15, 0.2) is 24.8 Å². The fourth-order valence-corrected chi connectivity index (χ4v) is 1.14. The van der Waals surface area contributed by atoms with Gasteiger partial charge in [-0.05, 0) is 6.07 Å². The van der Waals surface area contributed by atoms with Gasteiger partial charge in [-0.25, -0.2) is 14.8 Å². The van der Waals surface area contributed by atoms with Crippen LogP contribution in [-0.2, 0) is 0 Å². The summed E-state index contributed by atoms with van der Waals surface area (Å²) in [7, 11) is 0. The van der Waals surface area contributed by atoms with Crippen LogP contribution >= 0.6 is 0 Å². The number of hydrogen-bond donors (Lipinski definition) is 2. The van der Waals surface area contributed by atoms with E-state index in [9.17, 15) is 4.79 Å². The molecule has 0 aliphatic carbocycles. The summed E-state index contributed by atoms with van der Waals surface area (Å²) in [5.41, 5.74) is 5.03. The standard InChI is InChI=1S/C5H11N3O.C4H4N2/c6-5(9)8-3-1-7-2-4-8;1-2-5-4-6-3-1/h7H,1-4H2,(H2,6,9);1-4H. The SMILES string of the molecule is NC(=O)N1CCNCC1.c1cncnc1. The lowest BCUT2D eigenvalue weighted by molar-refractivity contribution is 0.200. The maximum atomic E-state index is 10.5. The monoisotopic (exact) mass is 209 g/mol. The Morgan fingerprint density at radius 1 is 1.27 bits per heavy atom. The summed E-state index contributed by atoms with van der Waals surface area (Å²) in [6, 6.07) is 1.47. The van der Waals surface area contributed by atoms with Crippen molar-refractivity contribution in [2.45, 2.75) is 0 Å². The van der Waals surface area contributed by atoms with E-state index in [1.54, 1.807) is 23.4 Å². The average molecular weight is 209 g/mol. The van der Waals surface area contributed by atoms with Crippen molar-refractivity contribution in [3.63, 3.8) is 0 Å². The number of urea groups is 1. The number of aromatic nitrogens is 2. The Hall–Kier alpha value is -1.69. The van der Waals surface area contributed by atoms with Gasteiger partial charge in [0.2, 0.25) is 0 Å². The summed E-state index contributed by atoms with van der Waals surface area (Å²) in [4.78, 5) is 19.5. The molecule has 3 N–H and O–H groups in total. The first-order valence-electron chi connectivity index (χ1n) is 4.76. The molecule has 6 nitrogen and oxygen atoms in total. The predicted molar refractivity (Wildman–Crippen MR) is 56.1 cm³/mol. The second kappa shape index (κ2) is 6.72. The normalized spacial score (nSPS) is 15.1. The number of piperazine rings is 1. The molecule has 1 fully saturated rings. The van der Waals surface area contributed by atoms with Crippen LogP contribution in [0.4, 0.5) is 4.79 Å². The summed E-state index contributed by atoms with van der Waals surface area (Å²) in [6.07, 6.45) is 4.88. The zero-order valence-corrected chi connectivity index (χ0v) is 8.47. The molecule has 82 valence electrons. The average Bonchev–Trinajstić information content (AvgIpc) is 2.33. The van der Waals surface area contributed by atoms with Gasteiger partial charge in [0.15, 0.2) is 0 Å². The Morgan fingerprint density at radius 2 is 1.87 bits per heavy atom. The molecule has 1 saturated heterocycles. The van der Waals surface area contributed by atoms with Crippen molar-refractivity contribution in [3.8, 4) is 0 Å². The van der Waals surface area contributed by atoms with Crippen molar-refractivity contribution in [1.82, 2.24) is 20.2 Å². The smallest absolute Gasteiger partial charge is 0.314 e. The maximum Gasteiger partial charge on any atom is 0.314 e. The lowest BCUT2D eigenvalue weighted by Gasteiger charge is -2.25. The van der Waals surface area contributed by atoms with Crippen LogP contribution in [0.25, 0.3) is 0 Å². The molecular formula is C9H15N5O. The fraction of sp³-hybridized carbons (Fsp3) is 0.444. The molecule has 1 aliphatic heterocycles. The van der Waals surface area contributed by atoms with Crippen LogP contribution < -0.4 is 11.1 Å². The first-order valence-corrected chi connectivity index (χ1v) is 4.76. The van der Waals surface area contributed by atoms with Gasteiger partial charge in [-0.2, -0.15) is 0 Å². The number of nitrogens with two attached hydrogens (primary N) is 1. The first kappa shape index (κ1) is 11.4. The van der Waals surface area contributed by atoms with Crippen LogP contribution in [0.2, 0.25) is 0 Å². The number of primary amides is 1. The zero-order chi connectivity index (χ0) is 10.9. The number of amides is 2. The number of hydrogen-bond acceptors (Lipinski definition) is 4. The second-order valence-electron chi connectivity index (χ2n) is 2.98. The predicted octanol–water partition coefficient (Wildman–Crippen LogP) is -0.553. The Kier molecular flexibility index (Phi) is 5.10. The van der Waals surface area contributed by atoms with Crippen molar-refractivity contribution in [3.05, 3.63) is 24.8 Å². The summed E-state index contributed by atoms with van der Waals surface area (Å²) in [5, 5.41) is 3.12. The Labute approximate surface area is 88.5 Å². The lowest BCUT2D eigenvalue weighted by Crippen LogP contribution is -2.48. The number of nitrogens with one attached hydrogen (secondary N) is 1. The molecule has 15 heavy (non-hydrogen) atoms. The molecule has 0 saturated carbocycles. The quantitative estimate of drug-likeness (QED) is 0.600. The molecule has 2 rings (SSSR count). The topological polar surface area (TPSA) is 84.1 Å². The molecule has 1 aliphatic rings.